The second-order valence-electron chi connectivity index (χ2n) is 5.24. The molecule has 0 aliphatic carbocycles. The lowest BCUT2D eigenvalue weighted by Crippen LogP contribution is -2.36. The van der Waals surface area contributed by atoms with Gasteiger partial charge in [-0.1, -0.05) is 12.1 Å². The first-order valence-corrected chi connectivity index (χ1v) is 6.36. The number of nitrogens with one attached hydrogen (secondary N) is 2. The molecule has 1 rings (SSSR count). The maximum Gasteiger partial charge on any atom is 0.243 e. The van der Waals surface area contributed by atoms with Crippen LogP contribution >= 0.6 is 12.4 Å². The fourth-order valence-corrected chi connectivity index (χ4v) is 1.43. The minimum absolute atomic E-state index is 0. The molecular formula is C14H22ClN3O3. The minimum Gasteiger partial charge on any atom is -0.486 e. The van der Waals surface area contributed by atoms with Crippen molar-refractivity contribution >= 4 is 29.9 Å². The zero-order valence-electron chi connectivity index (χ0n) is 12.4. The highest BCUT2D eigenvalue weighted by molar-refractivity contribution is 5.95. The molecule has 0 aliphatic heterocycles. The molecule has 0 heterocycles. The van der Waals surface area contributed by atoms with Gasteiger partial charge in [0.05, 0.1) is 18.8 Å². The number of ether oxygens (including phenoxy) is 1. The number of amides is 2. The standard InChI is InChI=1S/C14H21N3O3.ClH/c1-14(2,3)20-11-7-5-4-6-10(11)17-13(19)9-16-12(18)8-15;/h4-7H,8-9,15H2,1-3H3,(H,16,18)(H,17,19);1H. The summed E-state index contributed by atoms with van der Waals surface area (Å²) in [5, 5.41) is 5.10. The van der Waals surface area contributed by atoms with E-state index in [9.17, 15) is 9.59 Å². The summed E-state index contributed by atoms with van der Waals surface area (Å²) in [6.45, 7) is 5.50. The Morgan fingerprint density at radius 3 is 2.38 bits per heavy atom. The number of anilines is 1. The Balaban J connectivity index is 0.00000400. The quantitative estimate of drug-likeness (QED) is 0.763. The average Bonchev–Trinajstić information content (AvgIpc) is 2.36. The van der Waals surface area contributed by atoms with Crippen LogP contribution < -0.4 is 21.1 Å². The lowest BCUT2D eigenvalue weighted by molar-refractivity contribution is -0.123. The Bertz CT molecular complexity index is 487. The Hall–Kier alpha value is -1.79. The van der Waals surface area contributed by atoms with Crippen LogP contribution in [-0.2, 0) is 9.59 Å². The lowest BCUT2D eigenvalue weighted by Gasteiger charge is -2.23. The van der Waals surface area contributed by atoms with E-state index in [0.29, 0.717) is 11.4 Å². The summed E-state index contributed by atoms with van der Waals surface area (Å²) >= 11 is 0. The molecule has 0 spiro atoms. The molecule has 0 saturated heterocycles. The monoisotopic (exact) mass is 315 g/mol. The fourth-order valence-electron chi connectivity index (χ4n) is 1.43. The van der Waals surface area contributed by atoms with Crippen LogP contribution in [0.1, 0.15) is 20.8 Å². The van der Waals surface area contributed by atoms with Crippen LogP contribution in [0.3, 0.4) is 0 Å². The predicted octanol–water partition coefficient (Wildman–Crippen LogP) is 1.30. The Morgan fingerprint density at radius 2 is 1.81 bits per heavy atom. The molecule has 0 saturated carbocycles. The van der Waals surface area contributed by atoms with Crippen molar-refractivity contribution in [3.8, 4) is 5.75 Å². The van der Waals surface area contributed by atoms with Crippen molar-refractivity contribution in [3.63, 3.8) is 0 Å². The number of carbonyl (C=O) groups is 2. The summed E-state index contributed by atoms with van der Waals surface area (Å²) in [5.41, 5.74) is 5.34. The highest BCUT2D eigenvalue weighted by atomic mass is 35.5. The Kier molecular flexibility index (Phi) is 7.76. The zero-order valence-corrected chi connectivity index (χ0v) is 13.3. The number of para-hydroxylation sites is 2. The summed E-state index contributed by atoms with van der Waals surface area (Å²) in [5.74, 6) is -0.130. The van der Waals surface area contributed by atoms with Gasteiger partial charge in [0, 0.05) is 0 Å². The van der Waals surface area contributed by atoms with E-state index in [-0.39, 0.29) is 42.9 Å². The Morgan fingerprint density at radius 1 is 1.19 bits per heavy atom. The zero-order chi connectivity index (χ0) is 15.2. The molecule has 21 heavy (non-hydrogen) atoms. The van der Waals surface area contributed by atoms with Crippen molar-refractivity contribution in [2.75, 3.05) is 18.4 Å². The number of halogens is 1. The summed E-state index contributed by atoms with van der Waals surface area (Å²) in [7, 11) is 0. The van der Waals surface area contributed by atoms with E-state index in [1.807, 2.05) is 26.8 Å². The first kappa shape index (κ1) is 19.2. The van der Waals surface area contributed by atoms with E-state index in [0.717, 1.165) is 0 Å². The maximum atomic E-state index is 11.7. The molecular weight excluding hydrogens is 294 g/mol. The molecule has 0 fully saturated rings. The number of rotatable bonds is 5. The SMILES string of the molecule is CC(C)(C)Oc1ccccc1NC(=O)CNC(=O)CN.Cl. The van der Waals surface area contributed by atoms with Crippen molar-refractivity contribution in [2.24, 2.45) is 5.73 Å². The number of nitrogens with two attached hydrogens (primary N) is 1. The predicted molar refractivity (Wildman–Crippen MR) is 84.8 cm³/mol. The lowest BCUT2D eigenvalue weighted by atomic mass is 10.2. The molecule has 6 nitrogen and oxygen atoms in total. The van der Waals surface area contributed by atoms with Gasteiger partial charge in [-0.3, -0.25) is 9.59 Å². The van der Waals surface area contributed by atoms with Gasteiger partial charge < -0.3 is 21.1 Å². The van der Waals surface area contributed by atoms with Crippen LogP contribution in [0.15, 0.2) is 24.3 Å². The molecule has 1 aromatic rings. The van der Waals surface area contributed by atoms with Crippen molar-refractivity contribution in [2.45, 2.75) is 26.4 Å². The summed E-state index contributed by atoms with van der Waals surface area (Å²) in [6, 6.07) is 7.14. The van der Waals surface area contributed by atoms with E-state index in [4.69, 9.17) is 10.5 Å². The number of carbonyl (C=O) groups excluding carboxylic acids is 2. The molecule has 0 atom stereocenters. The Labute approximate surface area is 130 Å². The highest BCUT2D eigenvalue weighted by Crippen LogP contribution is 2.27. The molecule has 0 aromatic heterocycles. The molecule has 4 N–H and O–H groups in total. The third-order valence-electron chi connectivity index (χ3n) is 2.21. The van der Waals surface area contributed by atoms with Gasteiger partial charge in [-0.05, 0) is 32.9 Å². The minimum atomic E-state index is -0.376. The normalized spacial score (nSPS) is 10.3. The van der Waals surface area contributed by atoms with Gasteiger partial charge in [0.25, 0.3) is 0 Å². The van der Waals surface area contributed by atoms with Crippen LogP contribution in [0.2, 0.25) is 0 Å². The van der Waals surface area contributed by atoms with Crippen molar-refractivity contribution < 1.29 is 14.3 Å². The molecule has 0 radical (unpaired) electrons. The fraction of sp³-hybridized carbons (Fsp3) is 0.429. The van der Waals surface area contributed by atoms with Gasteiger partial charge in [-0.15, -0.1) is 12.4 Å². The maximum absolute atomic E-state index is 11.7. The van der Waals surface area contributed by atoms with Crippen LogP contribution in [0.25, 0.3) is 0 Å². The van der Waals surface area contributed by atoms with E-state index in [1.165, 1.54) is 0 Å². The van der Waals surface area contributed by atoms with E-state index >= 15 is 0 Å². The molecule has 0 bridgehead atoms. The number of hydrogen-bond acceptors (Lipinski definition) is 4. The van der Waals surface area contributed by atoms with Gasteiger partial charge in [-0.2, -0.15) is 0 Å². The van der Waals surface area contributed by atoms with Gasteiger partial charge in [0.2, 0.25) is 11.8 Å². The van der Waals surface area contributed by atoms with Crippen LogP contribution in [0.5, 0.6) is 5.75 Å². The van der Waals surface area contributed by atoms with Crippen LogP contribution in [0.4, 0.5) is 5.69 Å². The molecule has 7 heteroatoms. The van der Waals surface area contributed by atoms with Gasteiger partial charge in [-0.25, -0.2) is 0 Å². The van der Waals surface area contributed by atoms with Gasteiger partial charge in [0.15, 0.2) is 0 Å². The third-order valence-corrected chi connectivity index (χ3v) is 2.21. The topological polar surface area (TPSA) is 93.5 Å². The molecule has 1 aromatic carbocycles. The van der Waals surface area contributed by atoms with E-state index < -0.39 is 0 Å². The van der Waals surface area contributed by atoms with Crippen LogP contribution in [0, 0.1) is 0 Å². The summed E-state index contributed by atoms with van der Waals surface area (Å²) in [4.78, 5) is 22.7. The summed E-state index contributed by atoms with van der Waals surface area (Å²) in [6.07, 6.45) is 0. The smallest absolute Gasteiger partial charge is 0.243 e. The third kappa shape index (κ3) is 7.53. The first-order chi connectivity index (χ1) is 9.31. The largest absolute Gasteiger partial charge is 0.486 e. The number of hydrogen-bond donors (Lipinski definition) is 3. The van der Waals surface area contributed by atoms with E-state index in [1.54, 1.807) is 18.2 Å². The molecule has 118 valence electrons. The van der Waals surface area contributed by atoms with Gasteiger partial charge in [0.1, 0.15) is 11.4 Å². The summed E-state index contributed by atoms with van der Waals surface area (Å²) < 4.78 is 5.76. The molecule has 2 amide bonds. The van der Waals surface area contributed by atoms with Crippen molar-refractivity contribution in [1.82, 2.24) is 5.32 Å². The number of benzene rings is 1. The van der Waals surface area contributed by atoms with Crippen LogP contribution in [-0.4, -0.2) is 30.5 Å². The highest BCUT2D eigenvalue weighted by Gasteiger charge is 2.15. The van der Waals surface area contributed by atoms with Crippen molar-refractivity contribution in [3.05, 3.63) is 24.3 Å². The second kappa shape index (κ2) is 8.49. The first-order valence-electron chi connectivity index (χ1n) is 6.36. The average molecular weight is 316 g/mol. The second-order valence-corrected chi connectivity index (χ2v) is 5.24. The van der Waals surface area contributed by atoms with Gasteiger partial charge >= 0.3 is 0 Å². The van der Waals surface area contributed by atoms with Crippen molar-refractivity contribution in [1.29, 1.82) is 0 Å². The molecule has 0 unspecified atom stereocenters. The van der Waals surface area contributed by atoms with E-state index in [2.05, 4.69) is 10.6 Å². The molecule has 0 aliphatic rings.